The van der Waals surface area contributed by atoms with E-state index in [1.165, 1.54) is 4.90 Å². The molecule has 4 rings (SSSR count). The lowest BCUT2D eigenvalue weighted by atomic mass is 9.81. The van der Waals surface area contributed by atoms with Crippen molar-refractivity contribution in [3.05, 3.63) is 65.5 Å². The van der Waals surface area contributed by atoms with Crippen molar-refractivity contribution in [1.82, 2.24) is 14.9 Å². The number of nitrogens with one attached hydrogen (secondary N) is 1. The number of primary amides is 1. The van der Waals surface area contributed by atoms with E-state index in [9.17, 15) is 14.7 Å². The first-order valence-corrected chi connectivity index (χ1v) is 9.24. The number of rotatable bonds is 4. The third kappa shape index (κ3) is 2.79. The monoisotopic (exact) mass is 378 g/mol. The number of likely N-dealkylation sites (tertiary alicyclic amines) is 1. The standard InChI is InChI=1S/C21H22N4O3/c1-21(19-23-16-9-5-8-15(18(22)26)17(16)24-19)14(10-11-25(21)20(27)28)12-13-6-3-2-4-7-13/h2-9,14H,10-12H2,1H3,(H2,22,26)(H,23,24)(H,27,28)/t14?,21-/m1/s1. The van der Waals surface area contributed by atoms with Gasteiger partial charge >= 0.3 is 6.09 Å². The highest BCUT2D eigenvalue weighted by molar-refractivity contribution is 6.04. The summed E-state index contributed by atoms with van der Waals surface area (Å²) < 4.78 is 0. The molecule has 3 aromatic rings. The summed E-state index contributed by atoms with van der Waals surface area (Å²) in [5.41, 5.74) is 7.26. The Morgan fingerprint density at radius 2 is 2.00 bits per heavy atom. The minimum atomic E-state index is -0.978. The van der Waals surface area contributed by atoms with Crippen LogP contribution in [0.15, 0.2) is 48.5 Å². The number of fused-ring (bicyclic) bond motifs is 1. The van der Waals surface area contributed by atoms with E-state index in [1.54, 1.807) is 12.1 Å². The maximum atomic E-state index is 12.0. The molecule has 1 unspecified atom stereocenters. The van der Waals surface area contributed by atoms with Crippen LogP contribution >= 0.6 is 0 Å². The van der Waals surface area contributed by atoms with E-state index in [-0.39, 0.29) is 5.92 Å². The zero-order valence-electron chi connectivity index (χ0n) is 15.6. The predicted octanol–water partition coefficient (Wildman–Crippen LogP) is 3.12. The van der Waals surface area contributed by atoms with Gasteiger partial charge in [0.25, 0.3) is 5.91 Å². The van der Waals surface area contributed by atoms with Gasteiger partial charge in [-0.05, 0) is 43.4 Å². The summed E-state index contributed by atoms with van der Waals surface area (Å²) in [6, 6.07) is 15.2. The number of hydrogen-bond acceptors (Lipinski definition) is 3. The number of hydrogen-bond donors (Lipinski definition) is 3. The molecule has 28 heavy (non-hydrogen) atoms. The van der Waals surface area contributed by atoms with Gasteiger partial charge in [0.2, 0.25) is 0 Å². The van der Waals surface area contributed by atoms with Crippen LogP contribution in [-0.2, 0) is 12.0 Å². The molecule has 0 spiro atoms. The lowest BCUT2D eigenvalue weighted by Crippen LogP contribution is -2.46. The second kappa shape index (κ2) is 6.67. The number of aromatic amines is 1. The largest absolute Gasteiger partial charge is 0.465 e. The average molecular weight is 378 g/mol. The van der Waals surface area contributed by atoms with Gasteiger partial charge in [-0.2, -0.15) is 0 Å². The van der Waals surface area contributed by atoms with E-state index < -0.39 is 17.5 Å². The normalized spacial score (nSPS) is 21.9. The van der Waals surface area contributed by atoms with Crippen molar-refractivity contribution in [2.24, 2.45) is 11.7 Å². The Morgan fingerprint density at radius 1 is 1.25 bits per heavy atom. The first kappa shape index (κ1) is 18.0. The Kier molecular flexibility index (Phi) is 4.30. The van der Waals surface area contributed by atoms with Gasteiger partial charge in [0.1, 0.15) is 16.9 Å². The van der Waals surface area contributed by atoms with Gasteiger partial charge in [-0.25, -0.2) is 9.78 Å². The molecule has 0 saturated carbocycles. The van der Waals surface area contributed by atoms with E-state index in [1.807, 2.05) is 43.3 Å². The summed E-state index contributed by atoms with van der Waals surface area (Å²) in [6.45, 7) is 2.34. The number of benzene rings is 2. The number of amides is 2. The van der Waals surface area contributed by atoms with Crippen LogP contribution < -0.4 is 5.73 Å². The Labute approximate surface area is 162 Å². The molecule has 0 radical (unpaired) electrons. The Bertz CT molecular complexity index is 1050. The van der Waals surface area contributed by atoms with Crippen molar-refractivity contribution in [3.8, 4) is 0 Å². The van der Waals surface area contributed by atoms with Gasteiger partial charge in [-0.3, -0.25) is 9.69 Å². The number of carbonyl (C=O) groups excluding carboxylic acids is 1. The van der Waals surface area contributed by atoms with Gasteiger partial charge in [0, 0.05) is 6.54 Å². The fourth-order valence-electron chi connectivity index (χ4n) is 4.30. The summed E-state index contributed by atoms with van der Waals surface area (Å²) in [6.07, 6.45) is 0.492. The lowest BCUT2D eigenvalue weighted by Gasteiger charge is -2.36. The second-order valence-electron chi connectivity index (χ2n) is 7.41. The molecule has 2 aromatic carbocycles. The summed E-state index contributed by atoms with van der Waals surface area (Å²) in [5, 5.41) is 9.82. The summed E-state index contributed by atoms with van der Waals surface area (Å²) in [5.74, 6) is 0.0248. The molecule has 0 bridgehead atoms. The molecule has 1 aliphatic heterocycles. The van der Waals surface area contributed by atoms with Gasteiger partial charge in [0.05, 0.1) is 11.1 Å². The zero-order valence-corrected chi connectivity index (χ0v) is 15.6. The first-order valence-electron chi connectivity index (χ1n) is 9.24. The molecule has 4 N–H and O–H groups in total. The van der Waals surface area contributed by atoms with E-state index in [2.05, 4.69) is 9.97 Å². The van der Waals surface area contributed by atoms with Crippen LogP contribution in [0.2, 0.25) is 0 Å². The van der Waals surface area contributed by atoms with Crippen molar-refractivity contribution in [1.29, 1.82) is 0 Å². The highest BCUT2D eigenvalue weighted by atomic mass is 16.4. The highest BCUT2D eigenvalue weighted by Crippen LogP contribution is 2.44. The Morgan fingerprint density at radius 3 is 2.68 bits per heavy atom. The number of nitrogens with zero attached hydrogens (tertiary/aromatic N) is 2. The number of aromatic nitrogens is 2. The average Bonchev–Trinajstić information content (AvgIpc) is 3.25. The summed E-state index contributed by atoms with van der Waals surface area (Å²) in [4.78, 5) is 33.1. The van der Waals surface area contributed by atoms with Crippen LogP contribution in [0.5, 0.6) is 0 Å². The molecule has 2 amide bonds. The van der Waals surface area contributed by atoms with Crippen molar-refractivity contribution >= 4 is 23.0 Å². The van der Waals surface area contributed by atoms with Crippen LogP contribution in [0, 0.1) is 5.92 Å². The van der Waals surface area contributed by atoms with Crippen molar-refractivity contribution in [2.75, 3.05) is 6.54 Å². The molecule has 1 aliphatic rings. The third-order valence-corrected chi connectivity index (χ3v) is 5.87. The number of nitrogens with two attached hydrogens (primary N) is 1. The molecule has 7 nitrogen and oxygen atoms in total. The number of carbonyl (C=O) groups is 2. The van der Waals surface area contributed by atoms with Crippen LogP contribution in [-0.4, -0.2) is 38.5 Å². The highest BCUT2D eigenvalue weighted by Gasteiger charge is 2.50. The van der Waals surface area contributed by atoms with E-state index >= 15 is 0 Å². The molecular weight excluding hydrogens is 356 g/mol. The van der Waals surface area contributed by atoms with Crippen molar-refractivity contribution in [3.63, 3.8) is 0 Å². The van der Waals surface area contributed by atoms with Gasteiger partial charge in [-0.15, -0.1) is 0 Å². The minimum Gasteiger partial charge on any atom is -0.465 e. The maximum absolute atomic E-state index is 12.0. The molecule has 2 heterocycles. The van der Waals surface area contributed by atoms with Crippen LogP contribution in [0.4, 0.5) is 4.79 Å². The molecule has 1 saturated heterocycles. The maximum Gasteiger partial charge on any atom is 0.408 e. The molecule has 0 aliphatic carbocycles. The molecule has 7 heteroatoms. The van der Waals surface area contributed by atoms with Gasteiger partial charge < -0.3 is 15.8 Å². The SMILES string of the molecule is C[C@]1(c2nc3c(C(N)=O)cccc3[nH]2)C(Cc2ccccc2)CCN1C(=O)O. The second-order valence-corrected chi connectivity index (χ2v) is 7.41. The lowest BCUT2D eigenvalue weighted by molar-refractivity contribution is 0.0874. The van der Waals surface area contributed by atoms with Crippen molar-refractivity contribution < 1.29 is 14.7 Å². The minimum absolute atomic E-state index is 0.0450. The first-order chi connectivity index (χ1) is 13.4. The van der Waals surface area contributed by atoms with Crippen LogP contribution in [0.1, 0.15) is 35.1 Å². The zero-order chi connectivity index (χ0) is 19.9. The van der Waals surface area contributed by atoms with Gasteiger partial charge in [0.15, 0.2) is 0 Å². The van der Waals surface area contributed by atoms with Crippen LogP contribution in [0.25, 0.3) is 11.0 Å². The fourth-order valence-corrected chi connectivity index (χ4v) is 4.30. The predicted molar refractivity (Wildman–Crippen MR) is 105 cm³/mol. The smallest absolute Gasteiger partial charge is 0.408 e. The number of carboxylic acid groups (broad SMARTS) is 1. The van der Waals surface area contributed by atoms with Crippen LogP contribution in [0.3, 0.4) is 0 Å². The number of para-hydroxylation sites is 1. The summed E-state index contributed by atoms with van der Waals surface area (Å²) >= 11 is 0. The van der Waals surface area contributed by atoms with E-state index in [0.29, 0.717) is 29.0 Å². The summed E-state index contributed by atoms with van der Waals surface area (Å²) in [7, 11) is 0. The molecule has 144 valence electrons. The van der Waals surface area contributed by atoms with Gasteiger partial charge in [-0.1, -0.05) is 36.4 Å². The van der Waals surface area contributed by atoms with E-state index in [4.69, 9.17) is 5.73 Å². The number of imidazole rings is 1. The third-order valence-electron chi connectivity index (χ3n) is 5.87. The van der Waals surface area contributed by atoms with E-state index in [0.717, 1.165) is 18.4 Å². The molecule has 1 aromatic heterocycles. The molecule has 2 atom stereocenters. The molecule has 1 fully saturated rings. The fraction of sp³-hybridized carbons (Fsp3) is 0.286. The van der Waals surface area contributed by atoms with Crippen molar-refractivity contribution in [2.45, 2.75) is 25.3 Å². The number of H-pyrrole nitrogens is 1. The topological polar surface area (TPSA) is 112 Å². The Balaban J connectivity index is 1.82. The molecular formula is C21H22N4O3. The quantitative estimate of drug-likeness (QED) is 0.647. The Hall–Kier alpha value is -3.35.